The van der Waals surface area contributed by atoms with E-state index < -0.39 is 0 Å². The van der Waals surface area contributed by atoms with Crippen LogP contribution in [0.1, 0.15) is 57.9 Å². The van der Waals surface area contributed by atoms with E-state index in [0.717, 1.165) is 31.4 Å². The number of hydrogen-bond donors (Lipinski definition) is 1. The number of likely N-dealkylation sites (N-methyl/N-ethyl adjacent to an activating group) is 1. The highest BCUT2D eigenvalue weighted by molar-refractivity contribution is 5.30. The van der Waals surface area contributed by atoms with Gasteiger partial charge in [0.25, 0.3) is 0 Å². The number of rotatable bonds is 8. The van der Waals surface area contributed by atoms with Crippen LogP contribution in [0.15, 0.2) is 24.3 Å². The molecule has 2 rings (SSSR count). The third kappa shape index (κ3) is 5.03. The predicted molar refractivity (Wildman–Crippen MR) is 90.0 cm³/mol. The Labute approximate surface area is 130 Å². The van der Waals surface area contributed by atoms with Crippen molar-refractivity contribution in [1.29, 1.82) is 0 Å². The van der Waals surface area contributed by atoms with E-state index in [1.807, 2.05) is 0 Å². The molecule has 0 bridgehead atoms. The maximum absolute atomic E-state index is 5.79. The zero-order valence-electron chi connectivity index (χ0n) is 13.9. The van der Waals surface area contributed by atoms with Gasteiger partial charge in [-0.1, -0.05) is 45.7 Å². The van der Waals surface area contributed by atoms with Crippen molar-refractivity contribution in [3.63, 3.8) is 0 Å². The topological polar surface area (TPSA) is 21.3 Å². The Morgan fingerprint density at radius 3 is 2.38 bits per heavy atom. The minimum absolute atomic E-state index is 0.574. The van der Waals surface area contributed by atoms with Gasteiger partial charge in [-0.2, -0.15) is 0 Å². The smallest absolute Gasteiger partial charge is 0.119 e. The molecule has 0 spiro atoms. The summed E-state index contributed by atoms with van der Waals surface area (Å²) < 4.78 is 5.79. The lowest BCUT2D eigenvalue weighted by Gasteiger charge is -2.24. The maximum Gasteiger partial charge on any atom is 0.119 e. The molecule has 1 fully saturated rings. The van der Waals surface area contributed by atoms with Crippen molar-refractivity contribution in [2.75, 3.05) is 19.7 Å². The molecule has 0 radical (unpaired) electrons. The fourth-order valence-electron chi connectivity index (χ4n) is 3.29. The van der Waals surface area contributed by atoms with E-state index in [1.54, 1.807) is 0 Å². The van der Waals surface area contributed by atoms with Crippen LogP contribution in [-0.2, 0) is 0 Å². The van der Waals surface area contributed by atoms with Crippen LogP contribution in [0.2, 0.25) is 0 Å². The Hall–Kier alpha value is -1.02. The molecule has 2 nitrogen and oxygen atoms in total. The van der Waals surface area contributed by atoms with Crippen LogP contribution in [0.25, 0.3) is 0 Å². The molecule has 0 saturated heterocycles. The van der Waals surface area contributed by atoms with Crippen LogP contribution < -0.4 is 10.1 Å². The van der Waals surface area contributed by atoms with Crippen molar-refractivity contribution in [3.05, 3.63) is 29.8 Å². The SMILES string of the molecule is CCNCC(c1ccc(OCC(C)C)cc1)C1CCCC1. The van der Waals surface area contributed by atoms with E-state index in [9.17, 15) is 0 Å². The van der Waals surface area contributed by atoms with Gasteiger partial charge in [-0.15, -0.1) is 0 Å². The van der Waals surface area contributed by atoms with Crippen molar-refractivity contribution in [2.45, 2.75) is 52.4 Å². The van der Waals surface area contributed by atoms with Gasteiger partial charge in [-0.05, 0) is 54.8 Å². The molecule has 0 heterocycles. The van der Waals surface area contributed by atoms with Gasteiger partial charge < -0.3 is 10.1 Å². The minimum Gasteiger partial charge on any atom is -0.493 e. The van der Waals surface area contributed by atoms with Crippen molar-refractivity contribution in [1.82, 2.24) is 5.32 Å². The number of benzene rings is 1. The summed E-state index contributed by atoms with van der Waals surface area (Å²) in [7, 11) is 0. The van der Waals surface area contributed by atoms with E-state index >= 15 is 0 Å². The summed E-state index contributed by atoms with van der Waals surface area (Å²) in [5, 5.41) is 3.55. The van der Waals surface area contributed by atoms with Crippen LogP contribution >= 0.6 is 0 Å². The second-order valence-electron chi connectivity index (χ2n) is 6.73. The zero-order valence-corrected chi connectivity index (χ0v) is 13.9. The maximum atomic E-state index is 5.79. The van der Waals surface area contributed by atoms with Crippen molar-refractivity contribution >= 4 is 0 Å². The first-order valence-corrected chi connectivity index (χ1v) is 8.64. The fourth-order valence-corrected chi connectivity index (χ4v) is 3.29. The zero-order chi connectivity index (χ0) is 15.1. The molecular formula is C19H31NO. The molecular weight excluding hydrogens is 258 g/mol. The summed E-state index contributed by atoms with van der Waals surface area (Å²) in [4.78, 5) is 0. The summed E-state index contributed by atoms with van der Waals surface area (Å²) in [5.74, 6) is 3.09. The molecule has 1 aliphatic carbocycles. The largest absolute Gasteiger partial charge is 0.493 e. The molecule has 1 N–H and O–H groups in total. The quantitative estimate of drug-likeness (QED) is 0.755. The normalized spacial score (nSPS) is 17.3. The van der Waals surface area contributed by atoms with Crippen molar-refractivity contribution < 1.29 is 4.74 Å². The molecule has 0 aromatic heterocycles. The second-order valence-corrected chi connectivity index (χ2v) is 6.73. The van der Waals surface area contributed by atoms with Crippen LogP contribution in [-0.4, -0.2) is 19.7 Å². The molecule has 21 heavy (non-hydrogen) atoms. The summed E-state index contributed by atoms with van der Waals surface area (Å²) in [6.45, 7) is 9.51. The Balaban J connectivity index is 2.01. The first-order chi connectivity index (χ1) is 10.2. The lowest BCUT2D eigenvalue weighted by molar-refractivity contribution is 0.271. The number of nitrogens with one attached hydrogen (secondary N) is 1. The molecule has 1 aromatic carbocycles. The highest BCUT2D eigenvalue weighted by atomic mass is 16.5. The van der Waals surface area contributed by atoms with Crippen molar-refractivity contribution in [3.8, 4) is 5.75 Å². The molecule has 2 heteroatoms. The third-order valence-electron chi connectivity index (χ3n) is 4.47. The Morgan fingerprint density at radius 1 is 1.14 bits per heavy atom. The van der Waals surface area contributed by atoms with Gasteiger partial charge in [0.15, 0.2) is 0 Å². The lowest BCUT2D eigenvalue weighted by Crippen LogP contribution is -2.25. The van der Waals surface area contributed by atoms with Gasteiger partial charge in [0.2, 0.25) is 0 Å². The average Bonchev–Trinajstić information content (AvgIpc) is 3.01. The first kappa shape index (κ1) is 16.4. The van der Waals surface area contributed by atoms with Gasteiger partial charge in [-0.3, -0.25) is 0 Å². The highest BCUT2D eigenvalue weighted by Gasteiger charge is 2.25. The standard InChI is InChI=1S/C19H31NO/c1-4-20-13-19(16-7-5-6-8-16)17-9-11-18(12-10-17)21-14-15(2)3/h9-12,15-16,19-20H,4-8,13-14H2,1-3H3. The highest BCUT2D eigenvalue weighted by Crippen LogP contribution is 2.37. The molecule has 0 amide bonds. The van der Waals surface area contributed by atoms with Crippen LogP contribution in [0, 0.1) is 11.8 Å². The first-order valence-electron chi connectivity index (χ1n) is 8.64. The van der Waals surface area contributed by atoms with E-state index in [4.69, 9.17) is 4.74 Å². The summed E-state index contributed by atoms with van der Waals surface area (Å²) in [6, 6.07) is 8.84. The van der Waals surface area contributed by atoms with Crippen LogP contribution in [0.5, 0.6) is 5.75 Å². The molecule has 0 aliphatic heterocycles. The second kappa shape index (κ2) is 8.43. The third-order valence-corrected chi connectivity index (χ3v) is 4.47. The number of ether oxygens (including phenoxy) is 1. The average molecular weight is 289 g/mol. The summed E-state index contributed by atoms with van der Waals surface area (Å²) in [6.07, 6.45) is 5.59. The molecule has 1 aromatic rings. The Kier molecular flexibility index (Phi) is 6.56. The Morgan fingerprint density at radius 2 is 1.81 bits per heavy atom. The number of hydrogen-bond acceptors (Lipinski definition) is 2. The predicted octanol–water partition coefficient (Wildman–Crippen LogP) is 4.60. The van der Waals surface area contributed by atoms with Gasteiger partial charge in [0, 0.05) is 6.54 Å². The molecule has 1 aliphatic rings. The van der Waals surface area contributed by atoms with Gasteiger partial charge >= 0.3 is 0 Å². The van der Waals surface area contributed by atoms with Gasteiger partial charge in [0.1, 0.15) is 5.75 Å². The van der Waals surface area contributed by atoms with E-state index in [1.165, 1.54) is 31.2 Å². The van der Waals surface area contributed by atoms with Gasteiger partial charge in [-0.25, -0.2) is 0 Å². The molecule has 1 unspecified atom stereocenters. The van der Waals surface area contributed by atoms with Crippen LogP contribution in [0.4, 0.5) is 0 Å². The summed E-state index contributed by atoms with van der Waals surface area (Å²) in [5.41, 5.74) is 1.47. The van der Waals surface area contributed by atoms with Crippen LogP contribution in [0.3, 0.4) is 0 Å². The molecule has 1 saturated carbocycles. The molecule has 1 atom stereocenters. The lowest BCUT2D eigenvalue weighted by atomic mass is 9.84. The Bertz CT molecular complexity index is 393. The minimum atomic E-state index is 0.574. The van der Waals surface area contributed by atoms with E-state index in [0.29, 0.717) is 11.8 Å². The molecule has 118 valence electrons. The van der Waals surface area contributed by atoms with E-state index in [-0.39, 0.29) is 0 Å². The fraction of sp³-hybridized carbons (Fsp3) is 0.684. The van der Waals surface area contributed by atoms with E-state index in [2.05, 4.69) is 50.4 Å². The van der Waals surface area contributed by atoms with Crippen molar-refractivity contribution in [2.24, 2.45) is 11.8 Å². The monoisotopic (exact) mass is 289 g/mol. The van der Waals surface area contributed by atoms with Gasteiger partial charge in [0.05, 0.1) is 6.61 Å². The summed E-state index contributed by atoms with van der Waals surface area (Å²) >= 11 is 0.